The van der Waals surface area contributed by atoms with Crippen molar-refractivity contribution >= 4 is 32.6 Å². The number of anilines is 1. The molecule has 0 aliphatic heterocycles. The van der Waals surface area contributed by atoms with Crippen LogP contribution in [0.15, 0.2) is 42.5 Å². The van der Waals surface area contributed by atoms with Gasteiger partial charge in [0.15, 0.2) is 5.13 Å². The Morgan fingerprint density at radius 3 is 2.64 bits per heavy atom. The molecule has 142 valence electrons. The summed E-state index contributed by atoms with van der Waals surface area (Å²) in [6.07, 6.45) is 0. The zero-order valence-corrected chi connectivity index (χ0v) is 16.3. The number of thiazole rings is 1. The van der Waals surface area contributed by atoms with E-state index >= 15 is 0 Å². The van der Waals surface area contributed by atoms with Crippen LogP contribution in [0.3, 0.4) is 0 Å². The quantitative estimate of drug-likeness (QED) is 0.551. The van der Waals surface area contributed by atoms with Crippen LogP contribution in [-0.4, -0.2) is 27.8 Å². The van der Waals surface area contributed by atoms with Crippen LogP contribution in [0.2, 0.25) is 0 Å². The molecular formula is C20H17FN4O2S. The first-order valence-corrected chi connectivity index (χ1v) is 9.36. The molecule has 0 fully saturated rings. The number of benzene rings is 2. The van der Waals surface area contributed by atoms with Gasteiger partial charge < -0.3 is 4.74 Å². The van der Waals surface area contributed by atoms with E-state index in [1.54, 1.807) is 30.8 Å². The predicted octanol–water partition coefficient (Wildman–Crippen LogP) is 4.50. The Hall–Kier alpha value is -3.26. The highest BCUT2D eigenvalue weighted by molar-refractivity contribution is 7.22. The number of nitrogens with zero attached hydrogens (tertiary/aromatic N) is 3. The third kappa shape index (κ3) is 3.22. The van der Waals surface area contributed by atoms with E-state index in [4.69, 9.17) is 4.74 Å². The fourth-order valence-electron chi connectivity index (χ4n) is 3.05. The predicted molar refractivity (Wildman–Crippen MR) is 107 cm³/mol. The number of ether oxygens (including phenoxy) is 1. The van der Waals surface area contributed by atoms with E-state index in [2.05, 4.69) is 15.4 Å². The molecule has 0 unspecified atom stereocenters. The van der Waals surface area contributed by atoms with E-state index in [1.807, 2.05) is 25.1 Å². The maximum atomic E-state index is 13.2. The Bertz CT molecular complexity index is 1180. The third-order valence-corrected chi connectivity index (χ3v) is 5.34. The van der Waals surface area contributed by atoms with Gasteiger partial charge in [-0.2, -0.15) is 5.10 Å². The third-order valence-electron chi connectivity index (χ3n) is 4.41. The smallest absolute Gasteiger partial charge is 0.261 e. The number of hydrogen-bond donors (Lipinski definition) is 1. The molecule has 0 spiro atoms. The van der Waals surface area contributed by atoms with Gasteiger partial charge in [-0.1, -0.05) is 11.3 Å². The monoisotopic (exact) mass is 396 g/mol. The molecule has 2 heterocycles. The van der Waals surface area contributed by atoms with Crippen molar-refractivity contribution in [2.75, 3.05) is 12.4 Å². The van der Waals surface area contributed by atoms with E-state index in [0.29, 0.717) is 27.8 Å². The molecule has 0 saturated carbocycles. The number of amides is 1. The molecular weight excluding hydrogens is 379 g/mol. The molecule has 0 radical (unpaired) electrons. The molecule has 2 aromatic heterocycles. The van der Waals surface area contributed by atoms with E-state index in [-0.39, 0.29) is 11.7 Å². The van der Waals surface area contributed by atoms with Gasteiger partial charge in [-0.3, -0.25) is 10.1 Å². The molecule has 4 rings (SSSR count). The van der Waals surface area contributed by atoms with Crippen LogP contribution >= 0.6 is 11.3 Å². The SMILES string of the molecule is COc1ccc2nc(NC(=O)c3c(C)nn(-c4ccc(F)cc4)c3C)sc2c1. The summed E-state index contributed by atoms with van der Waals surface area (Å²) in [5.74, 6) is 0.131. The molecule has 2 aromatic carbocycles. The Morgan fingerprint density at radius 2 is 1.93 bits per heavy atom. The number of hydrogen-bond acceptors (Lipinski definition) is 5. The first kappa shape index (κ1) is 18.1. The maximum absolute atomic E-state index is 13.2. The topological polar surface area (TPSA) is 69.0 Å². The number of carbonyl (C=O) groups is 1. The van der Waals surface area contributed by atoms with Gasteiger partial charge in [0.1, 0.15) is 11.6 Å². The number of fused-ring (bicyclic) bond motifs is 1. The molecule has 0 saturated heterocycles. The highest BCUT2D eigenvalue weighted by Gasteiger charge is 2.20. The number of aromatic nitrogens is 3. The van der Waals surface area contributed by atoms with Crippen LogP contribution in [0.1, 0.15) is 21.7 Å². The van der Waals surface area contributed by atoms with E-state index in [0.717, 1.165) is 16.0 Å². The second-order valence-corrected chi connectivity index (χ2v) is 7.27. The molecule has 1 amide bonds. The number of methoxy groups -OCH3 is 1. The molecule has 8 heteroatoms. The number of halogens is 1. The van der Waals surface area contributed by atoms with Crippen LogP contribution in [0.25, 0.3) is 15.9 Å². The van der Waals surface area contributed by atoms with E-state index in [1.165, 1.54) is 23.5 Å². The van der Waals surface area contributed by atoms with Gasteiger partial charge in [0.2, 0.25) is 0 Å². The standard InChI is InChI=1S/C20H17FN4O2S/c1-11-18(12(2)25(24-11)14-6-4-13(21)5-7-14)19(26)23-20-22-16-9-8-15(27-3)10-17(16)28-20/h4-10H,1-3H3,(H,22,23,26). The van der Waals surface area contributed by atoms with Crippen molar-refractivity contribution in [3.05, 3.63) is 65.2 Å². The van der Waals surface area contributed by atoms with Crippen LogP contribution in [0.4, 0.5) is 9.52 Å². The van der Waals surface area contributed by atoms with Crippen LogP contribution in [0.5, 0.6) is 5.75 Å². The summed E-state index contributed by atoms with van der Waals surface area (Å²) in [7, 11) is 1.61. The van der Waals surface area contributed by atoms with Gasteiger partial charge in [0.05, 0.1) is 40.0 Å². The summed E-state index contributed by atoms with van der Waals surface area (Å²) in [5, 5.41) is 7.79. The molecule has 6 nitrogen and oxygen atoms in total. The van der Waals surface area contributed by atoms with Crippen molar-refractivity contribution < 1.29 is 13.9 Å². The second kappa shape index (κ2) is 7.05. The summed E-state index contributed by atoms with van der Waals surface area (Å²) in [4.78, 5) is 17.3. The minimum Gasteiger partial charge on any atom is -0.497 e. The van der Waals surface area contributed by atoms with Crippen LogP contribution in [-0.2, 0) is 0 Å². The maximum Gasteiger partial charge on any atom is 0.261 e. The lowest BCUT2D eigenvalue weighted by molar-refractivity contribution is 0.102. The summed E-state index contributed by atoms with van der Waals surface area (Å²) >= 11 is 1.37. The Balaban J connectivity index is 1.64. The molecule has 1 N–H and O–H groups in total. The van der Waals surface area contributed by atoms with E-state index in [9.17, 15) is 9.18 Å². The van der Waals surface area contributed by atoms with Gasteiger partial charge in [0, 0.05) is 0 Å². The Morgan fingerprint density at radius 1 is 1.18 bits per heavy atom. The first-order chi connectivity index (χ1) is 13.5. The number of rotatable bonds is 4. The van der Waals surface area contributed by atoms with Crippen molar-refractivity contribution in [2.45, 2.75) is 13.8 Å². The molecule has 0 aliphatic carbocycles. The van der Waals surface area contributed by atoms with Crippen molar-refractivity contribution in [1.82, 2.24) is 14.8 Å². The van der Waals surface area contributed by atoms with Crippen LogP contribution < -0.4 is 10.1 Å². The molecule has 0 bridgehead atoms. The van der Waals surface area contributed by atoms with Gasteiger partial charge in [0.25, 0.3) is 5.91 Å². The minimum absolute atomic E-state index is 0.283. The average Bonchev–Trinajstić information content (AvgIpc) is 3.21. The lowest BCUT2D eigenvalue weighted by Crippen LogP contribution is -2.14. The van der Waals surface area contributed by atoms with Gasteiger partial charge in [-0.25, -0.2) is 14.1 Å². The lowest BCUT2D eigenvalue weighted by atomic mass is 10.2. The average molecular weight is 396 g/mol. The first-order valence-electron chi connectivity index (χ1n) is 8.54. The molecule has 0 atom stereocenters. The normalized spacial score (nSPS) is 11.0. The van der Waals surface area contributed by atoms with Crippen molar-refractivity contribution in [3.8, 4) is 11.4 Å². The molecule has 4 aromatic rings. The zero-order chi connectivity index (χ0) is 19.8. The van der Waals surface area contributed by atoms with Gasteiger partial charge >= 0.3 is 0 Å². The summed E-state index contributed by atoms with van der Waals surface area (Å²) in [6.45, 7) is 3.58. The second-order valence-electron chi connectivity index (χ2n) is 6.24. The summed E-state index contributed by atoms with van der Waals surface area (Å²) in [6, 6.07) is 11.5. The van der Waals surface area contributed by atoms with E-state index < -0.39 is 0 Å². The van der Waals surface area contributed by atoms with Gasteiger partial charge in [-0.15, -0.1) is 0 Å². The molecule has 28 heavy (non-hydrogen) atoms. The largest absolute Gasteiger partial charge is 0.497 e. The minimum atomic E-state index is -0.323. The highest BCUT2D eigenvalue weighted by atomic mass is 32.1. The van der Waals surface area contributed by atoms with Crippen molar-refractivity contribution in [3.63, 3.8) is 0 Å². The summed E-state index contributed by atoms with van der Waals surface area (Å²) in [5.41, 5.74) is 3.21. The van der Waals surface area contributed by atoms with Crippen LogP contribution in [0, 0.1) is 19.7 Å². The number of aryl methyl sites for hydroxylation is 1. The van der Waals surface area contributed by atoms with Gasteiger partial charge in [-0.05, 0) is 56.3 Å². The Labute approximate surface area is 164 Å². The summed E-state index contributed by atoms with van der Waals surface area (Å²) < 4.78 is 21.0. The van der Waals surface area contributed by atoms with Crippen molar-refractivity contribution in [1.29, 1.82) is 0 Å². The number of nitrogens with one attached hydrogen (secondary N) is 1. The highest BCUT2D eigenvalue weighted by Crippen LogP contribution is 2.30. The Kier molecular flexibility index (Phi) is 4.56. The lowest BCUT2D eigenvalue weighted by Gasteiger charge is -2.05. The zero-order valence-electron chi connectivity index (χ0n) is 15.5. The fourth-order valence-corrected chi connectivity index (χ4v) is 3.94. The molecule has 0 aliphatic rings. The number of carbonyl (C=O) groups excluding carboxylic acids is 1. The van der Waals surface area contributed by atoms with Crippen molar-refractivity contribution in [2.24, 2.45) is 0 Å². The fraction of sp³-hybridized carbons (Fsp3) is 0.150.